The van der Waals surface area contributed by atoms with Gasteiger partial charge < -0.3 is 0 Å². The lowest BCUT2D eigenvalue weighted by Crippen LogP contribution is -2.16. The third-order valence-corrected chi connectivity index (χ3v) is 5.13. The number of anilines is 1. The monoisotopic (exact) mass is 389 g/mol. The van der Waals surface area contributed by atoms with Crippen LogP contribution < -0.4 is 11.0 Å². The number of nitriles is 1. The summed E-state index contributed by atoms with van der Waals surface area (Å²) in [5.74, 6) is 1.21. The van der Waals surface area contributed by atoms with Crippen LogP contribution in [0.15, 0.2) is 69.4 Å². The van der Waals surface area contributed by atoms with E-state index in [0.717, 1.165) is 22.6 Å². The van der Waals surface area contributed by atoms with Gasteiger partial charge in [0.15, 0.2) is 0 Å². The Labute approximate surface area is 167 Å². The van der Waals surface area contributed by atoms with Crippen molar-refractivity contribution in [1.29, 1.82) is 5.26 Å². The predicted octanol–water partition coefficient (Wildman–Crippen LogP) is 4.26. The normalized spacial score (nSPS) is 10.7. The van der Waals surface area contributed by atoms with Crippen LogP contribution in [0.1, 0.15) is 24.5 Å². The van der Waals surface area contributed by atoms with Crippen LogP contribution in [0, 0.1) is 11.3 Å². The molecule has 6 nitrogen and oxygen atoms in total. The topological polar surface area (TPSA) is 93.9 Å². The van der Waals surface area contributed by atoms with Gasteiger partial charge in [-0.05, 0) is 18.2 Å². The number of rotatable bonds is 7. The van der Waals surface area contributed by atoms with Crippen molar-refractivity contribution < 1.29 is 0 Å². The van der Waals surface area contributed by atoms with Gasteiger partial charge in [-0.3, -0.25) is 9.78 Å². The Kier molecular flexibility index (Phi) is 6.60. The Hall–Kier alpha value is -3.37. The number of hydrazone groups is 1. The minimum absolute atomic E-state index is 0.0259. The minimum Gasteiger partial charge on any atom is -0.290 e. The molecule has 3 rings (SSSR count). The third-order valence-electron chi connectivity index (χ3n) is 3.83. The highest BCUT2D eigenvalue weighted by molar-refractivity contribution is 7.99. The zero-order valence-corrected chi connectivity index (χ0v) is 16.2. The van der Waals surface area contributed by atoms with Crippen molar-refractivity contribution in [1.82, 2.24) is 9.97 Å². The summed E-state index contributed by atoms with van der Waals surface area (Å²) in [4.78, 5) is 20.3. The van der Waals surface area contributed by atoms with E-state index in [2.05, 4.69) is 33.5 Å². The average molecular weight is 389 g/mol. The first kappa shape index (κ1) is 19.4. The molecule has 0 saturated carbocycles. The molecule has 0 aliphatic rings. The summed E-state index contributed by atoms with van der Waals surface area (Å²) in [5, 5.41) is 13.5. The number of nitrogens with zero attached hydrogens (tertiary/aromatic N) is 3. The number of benzene rings is 2. The fourth-order valence-electron chi connectivity index (χ4n) is 2.53. The molecule has 0 aliphatic heterocycles. The molecule has 0 bridgehead atoms. The van der Waals surface area contributed by atoms with Gasteiger partial charge in [0.2, 0.25) is 5.95 Å². The number of nitrogens with one attached hydrogen (secondary N) is 2. The van der Waals surface area contributed by atoms with Crippen LogP contribution in [0.5, 0.6) is 0 Å². The third kappa shape index (κ3) is 4.67. The molecule has 0 spiro atoms. The predicted molar refractivity (Wildman–Crippen MR) is 114 cm³/mol. The standard InChI is InChI=1S/C21H19N5OS/c1-2-12-28-18-11-7-6-10-16(18)14-23-26-21-24-19(15-8-4-3-5-9-15)17(13-22)20(27)25-21/h3-11,14H,2,12H2,1H3,(H2,24,25,26,27). The maximum absolute atomic E-state index is 12.3. The number of thioether (sulfide) groups is 1. The minimum atomic E-state index is -0.507. The van der Waals surface area contributed by atoms with Gasteiger partial charge in [-0.1, -0.05) is 55.5 Å². The van der Waals surface area contributed by atoms with Gasteiger partial charge in [-0.25, -0.2) is 10.4 Å². The Bertz CT molecular complexity index is 1070. The van der Waals surface area contributed by atoms with Crippen LogP contribution >= 0.6 is 11.8 Å². The van der Waals surface area contributed by atoms with Crippen LogP contribution in [0.3, 0.4) is 0 Å². The Morgan fingerprint density at radius 2 is 1.96 bits per heavy atom. The van der Waals surface area contributed by atoms with E-state index in [4.69, 9.17) is 0 Å². The van der Waals surface area contributed by atoms with Gasteiger partial charge >= 0.3 is 0 Å². The van der Waals surface area contributed by atoms with E-state index in [1.165, 1.54) is 0 Å². The number of hydrogen-bond acceptors (Lipinski definition) is 6. The molecule has 0 fully saturated rings. The molecule has 0 amide bonds. The molecule has 0 unspecified atom stereocenters. The van der Waals surface area contributed by atoms with Gasteiger partial charge in [-0.2, -0.15) is 10.4 Å². The first-order chi connectivity index (χ1) is 13.7. The first-order valence-electron chi connectivity index (χ1n) is 8.83. The fourth-order valence-corrected chi connectivity index (χ4v) is 3.41. The highest BCUT2D eigenvalue weighted by Crippen LogP contribution is 2.22. The van der Waals surface area contributed by atoms with Crippen molar-refractivity contribution in [2.45, 2.75) is 18.2 Å². The summed E-state index contributed by atoms with van der Waals surface area (Å²) in [6, 6.07) is 19.0. The maximum atomic E-state index is 12.3. The Morgan fingerprint density at radius 1 is 1.21 bits per heavy atom. The van der Waals surface area contributed by atoms with Crippen molar-refractivity contribution in [2.75, 3.05) is 11.2 Å². The second-order valence-electron chi connectivity index (χ2n) is 5.87. The van der Waals surface area contributed by atoms with Crippen LogP contribution in [0.4, 0.5) is 5.95 Å². The van der Waals surface area contributed by atoms with E-state index in [1.54, 1.807) is 30.1 Å². The molecule has 7 heteroatoms. The average Bonchev–Trinajstić information content (AvgIpc) is 2.73. The molecular formula is C21H19N5OS. The summed E-state index contributed by atoms with van der Waals surface area (Å²) < 4.78 is 0. The SMILES string of the molecule is CCCSc1ccccc1C=NNc1nc(-c2ccccc2)c(C#N)c(=O)[nH]1. The highest BCUT2D eigenvalue weighted by atomic mass is 32.2. The lowest BCUT2D eigenvalue weighted by molar-refractivity contribution is 1.08. The van der Waals surface area contributed by atoms with Crippen LogP contribution in [0.25, 0.3) is 11.3 Å². The van der Waals surface area contributed by atoms with Crippen molar-refractivity contribution >= 4 is 23.9 Å². The molecule has 2 aromatic carbocycles. The van der Waals surface area contributed by atoms with Crippen molar-refractivity contribution in [3.8, 4) is 17.3 Å². The van der Waals surface area contributed by atoms with E-state index >= 15 is 0 Å². The molecule has 1 aromatic heterocycles. The molecule has 2 N–H and O–H groups in total. The number of H-pyrrole nitrogens is 1. The van der Waals surface area contributed by atoms with E-state index in [1.807, 2.05) is 42.5 Å². The number of aromatic nitrogens is 2. The van der Waals surface area contributed by atoms with E-state index in [0.29, 0.717) is 11.3 Å². The molecule has 3 aromatic rings. The summed E-state index contributed by atoms with van der Waals surface area (Å²) in [6.07, 6.45) is 2.78. The summed E-state index contributed by atoms with van der Waals surface area (Å²) in [7, 11) is 0. The molecule has 0 aliphatic carbocycles. The smallest absolute Gasteiger partial charge is 0.270 e. The van der Waals surface area contributed by atoms with Crippen LogP contribution in [-0.4, -0.2) is 21.9 Å². The van der Waals surface area contributed by atoms with Gasteiger partial charge in [-0.15, -0.1) is 11.8 Å². The van der Waals surface area contributed by atoms with Crippen LogP contribution in [-0.2, 0) is 0 Å². The van der Waals surface area contributed by atoms with Gasteiger partial charge in [0.1, 0.15) is 11.6 Å². The van der Waals surface area contributed by atoms with Gasteiger partial charge in [0.05, 0.1) is 11.9 Å². The summed E-state index contributed by atoms with van der Waals surface area (Å²) in [5.41, 5.74) is 4.23. The summed E-state index contributed by atoms with van der Waals surface area (Å²) in [6.45, 7) is 2.14. The lowest BCUT2D eigenvalue weighted by atomic mass is 10.1. The molecule has 0 atom stereocenters. The van der Waals surface area contributed by atoms with Crippen molar-refractivity contribution in [3.05, 3.63) is 76.1 Å². The quantitative estimate of drug-likeness (QED) is 0.358. The zero-order valence-electron chi connectivity index (χ0n) is 15.3. The van der Waals surface area contributed by atoms with E-state index in [-0.39, 0.29) is 11.5 Å². The molecular weight excluding hydrogens is 370 g/mol. The second kappa shape index (κ2) is 9.53. The van der Waals surface area contributed by atoms with Crippen molar-refractivity contribution in [2.24, 2.45) is 5.10 Å². The molecule has 1 heterocycles. The number of hydrogen-bond donors (Lipinski definition) is 2. The molecule has 0 saturated heterocycles. The molecule has 140 valence electrons. The molecule has 28 heavy (non-hydrogen) atoms. The number of aromatic amines is 1. The second-order valence-corrected chi connectivity index (χ2v) is 7.01. The molecule has 0 radical (unpaired) electrons. The van der Waals surface area contributed by atoms with Gasteiger partial charge in [0, 0.05) is 16.0 Å². The first-order valence-corrected chi connectivity index (χ1v) is 9.82. The van der Waals surface area contributed by atoms with E-state index < -0.39 is 5.56 Å². The zero-order chi connectivity index (χ0) is 19.8. The van der Waals surface area contributed by atoms with Crippen molar-refractivity contribution in [3.63, 3.8) is 0 Å². The highest BCUT2D eigenvalue weighted by Gasteiger charge is 2.12. The van der Waals surface area contributed by atoms with Crippen LogP contribution in [0.2, 0.25) is 0 Å². The lowest BCUT2D eigenvalue weighted by Gasteiger charge is -2.06. The Balaban J connectivity index is 1.86. The maximum Gasteiger partial charge on any atom is 0.270 e. The Morgan fingerprint density at radius 3 is 2.71 bits per heavy atom. The summed E-state index contributed by atoms with van der Waals surface area (Å²) >= 11 is 1.77. The van der Waals surface area contributed by atoms with E-state index in [9.17, 15) is 10.1 Å². The fraction of sp³-hybridized carbons (Fsp3) is 0.143. The largest absolute Gasteiger partial charge is 0.290 e. The van der Waals surface area contributed by atoms with Gasteiger partial charge in [0.25, 0.3) is 5.56 Å².